The second-order valence-corrected chi connectivity index (χ2v) is 9.40. The Hall–Kier alpha value is -4.64. The number of allylic oxidation sites excluding steroid dienone is 2. The molecular weight excluding hydrogens is 511 g/mol. The molecule has 2 aromatic rings. The molecule has 0 saturated heterocycles. The molecule has 1 fully saturated rings. The third kappa shape index (κ3) is 5.93. The molecule has 0 spiro atoms. The fourth-order valence-electron chi connectivity index (χ4n) is 4.58. The first-order valence-electron chi connectivity index (χ1n) is 12.2. The van der Waals surface area contributed by atoms with Crippen molar-refractivity contribution in [1.82, 2.24) is 10.6 Å². The van der Waals surface area contributed by atoms with Crippen LogP contribution >= 0.6 is 0 Å². The fraction of sp³-hybridized carbons (Fsp3) is 0.321. The number of hydrogen-bond donors (Lipinski definition) is 2. The minimum absolute atomic E-state index is 0.0170. The van der Waals surface area contributed by atoms with E-state index in [0.717, 1.165) is 35.9 Å². The van der Waals surface area contributed by atoms with Crippen LogP contribution in [0, 0.1) is 28.6 Å². The highest BCUT2D eigenvalue weighted by Crippen LogP contribution is 2.43. The van der Waals surface area contributed by atoms with Crippen LogP contribution in [0.2, 0.25) is 0 Å². The van der Waals surface area contributed by atoms with Gasteiger partial charge in [-0.2, -0.15) is 23.7 Å². The maximum Gasteiger partial charge on any atom is 0.416 e. The van der Waals surface area contributed by atoms with Gasteiger partial charge in [-0.3, -0.25) is 19.3 Å². The topological polar surface area (TPSA) is 126 Å². The number of nitriles is 2. The first-order valence-corrected chi connectivity index (χ1v) is 12.2. The maximum atomic E-state index is 13.9. The number of halogens is 3. The lowest BCUT2D eigenvalue weighted by Gasteiger charge is -2.38. The van der Waals surface area contributed by atoms with Crippen molar-refractivity contribution < 1.29 is 27.6 Å². The van der Waals surface area contributed by atoms with Crippen LogP contribution in [0.3, 0.4) is 0 Å². The van der Waals surface area contributed by atoms with Crippen molar-refractivity contribution in [2.45, 2.75) is 44.3 Å². The molecule has 1 heterocycles. The number of anilines is 1. The number of alkyl halides is 3. The van der Waals surface area contributed by atoms with Crippen LogP contribution in [-0.2, 0) is 20.6 Å². The lowest BCUT2D eigenvalue weighted by atomic mass is 9.75. The van der Waals surface area contributed by atoms with Gasteiger partial charge in [0.2, 0.25) is 17.7 Å². The Balaban J connectivity index is 1.73. The Bertz CT molecular complexity index is 1420. The van der Waals surface area contributed by atoms with Crippen molar-refractivity contribution in [2.75, 3.05) is 11.4 Å². The molecule has 3 amide bonds. The third-order valence-corrected chi connectivity index (χ3v) is 6.68. The lowest BCUT2D eigenvalue weighted by Crippen LogP contribution is -2.50. The smallest absolute Gasteiger partial charge is 0.355 e. The van der Waals surface area contributed by atoms with Crippen molar-refractivity contribution in [3.8, 4) is 12.1 Å². The summed E-state index contributed by atoms with van der Waals surface area (Å²) in [6.07, 6.45) is -2.90. The largest absolute Gasteiger partial charge is 0.416 e. The monoisotopic (exact) mass is 535 g/mol. The van der Waals surface area contributed by atoms with E-state index in [1.165, 1.54) is 37.3 Å². The van der Waals surface area contributed by atoms with Gasteiger partial charge in [0.1, 0.15) is 5.92 Å². The van der Waals surface area contributed by atoms with Gasteiger partial charge in [-0.05, 0) is 55.7 Å². The molecule has 1 aliphatic heterocycles. The summed E-state index contributed by atoms with van der Waals surface area (Å²) in [7, 11) is 0. The number of carbonyl (C=O) groups excluding carboxylic acids is 3. The van der Waals surface area contributed by atoms with E-state index in [4.69, 9.17) is 5.26 Å². The molecule has 4 rings (SSSR count). The number of nitrogens with zero attached hydrogens (tertiary/aromatic N) is 3. The Morgan fingerprint density at radius 3 is 2.36 bits per heavy atom. The summed E-state index contributed by atoms with van der Waals surface area (Å²) in [6.45, 7) is 1.36. The van der Waals surface area contributed by atoms with E-state index in [0.29, 0.717) is 11.1 Å². The zero-order valence-electron chi connectivity index (χ0n) is 20.9. The first kappa shape index (κ1) is 27.4. The molecule has 0 bridgehead atoms. The SMILES string of the molecule is CC1=C(C#N)C(c2ccc(C#N)cc2)C(C(=O)NCCC(=O)NC2CC2)C(=O)N1c1cccc(C(F)(F)F)c1. The van der Waals surface area contributed by atoms with Gasteiger partial charge in [-0.25, -0.2) is 0 Å². The van der Waals surface area contributed by atoms with Gasteiger partial charge in [-0.1, -0.05) is 18.2 Å². The fourth-order valence-corrected chi connectivity index (χ4v) is 4.58. The average molecular weight is 536 g/mol. The van der Waals surface area contributed by atoms with E-state index in [1.54, 1.807) is 0 Å². The van der Waals surface area contributed by atoms with Gasteiger partial charge in [0.15, 0.2) is 0 Å². The number of benzene rings is 2. The van der Waals surface area contributed by atoms with Crippen molar-refractivity contribution in [2.24, 2.45) is 5.92 Å². The second kappa shape index (κ2) is 11.0. The average Bonchev–Trinajstić information content (AvgIpc) is 3.72. The molecule has 2 N–H and O–H groups in total. The summed E-state index contributed by atoms with van der Waals surface area (Å²) < 4.78 is 40.3. The Morgan fingerprint density at radius 2 is 1.77 bits per heavy atom. The van der Waals surface area contributed by atoms with Gasteiger partial charge in [-0.15, -0.1) is 0 Å². The lowest BCUT2D eigenvalue weighted by molar-refractivity contribution is -0.138. The summed E-state index contributed by atoms with van der Waals surface area (Å²) >= 11 is 0. The maximum absolute atomic E-state index is 13.9. The van der Waals surface area contributed by atoms with Crippen LogP contribution in [0.15, 0.2) is 59.8 Å². The number of carbonyl (C=O) groups is 3. The van der Waals surface area contributed by atoms with Crippen LogP contribution < -0.4 is 15.5 Å². The van der Waals surface area contributed by atoms with E-state index < -0.39 is 35.4 Å². The van der Waals surface area contributed by atoms with Crippen LogP contribution in [0.1, 0.15) is 48.8 Å². The van der Waals surface area contributed by atoms with Crippen molar-refractivity contribution in [1.29, 1.82) is 10.5 Å². The number of rotatable bonds is 7. The van der Waals surface area contributed by atoms with Gasteiger partial charge < -0.3 is 10.6 Å². The van der Waals surface area contributed by atoms with Gasteiger partial charge in [0.05, 0.1) is 28.8 Å². The highest BCUT2D eigenvalue weighted by atomic mass is 19.4. The highest BCUT2D eigenvalue weighted by molar-refractivity contribution is 6.12. The number of amides is 3. The summed E-state index contributed by atoms with van der Waals surface area (Å²) in [6, 6.07) is 14.3. The predicted molar refractivity (Wildman–Crippen MR) is 133 cm³/mol. The van der Waals surface area contributed by atoms with E-state index in [9.17, 15) is 32.8 Å². The minimum atomic E-state index is -4.67. The van der Waals surface area contributed by atoms with Gasteiger partial charge in [0.25, 0.3) is 0 Å². The Morgan fingerprint density at radius 1 is 1.08 bits per heavy atom. The quantitative estimate of drug-likeness (QED) is 0.520. The molecular formula is C28H24F3N5O3. The van der Waals surface area contributed by atoms with Gasteiger partial charge >= 0.3 is 6.18 Å². The molecule has 2 aromatic carbocycles. The molecule has 8 nitrogen and oxygen atoms in total. The second-order valence-electron chi connectivity index (χ2n) is 9.40. The highest BCUT2D eigenvalue weighted by Gasteiger charge is 2.46. The van der Waals surface area contributed by atoms with Crippen molar-refractivity contribution in [3.05, 3.63) is 76.5 Å². The minimum Gasteiger partial charge on any atom is -0.355 e. The molecule has 2 atom stereocenters. The molecule has 0 aromatic heterocycles. The summed E-state index contributed by atoms with van der Waals surface area (Å²) in [5.41, 5.74) is -0.287. The molecule has 0 radical (unpaired) electrons. The first-order chi connectivity index (χ1) is 18.5. The zero-order valence-corrected chi connectivity index (χ0v) is 20.9. The predicted octanol–water partition coefficient (Wildman–Crippen LogP) is 3.91. The standard InChI is InChI=1S/C28H24F3N5O3/c1-16-22(15-33)24(18-7-5-17(14-32)6-8-18)25(26(38)34-12-11-23(37)35-20-9-10-20)27(39)36(16)21-4-2-3-19(13-21)28(29,30)31/h2-8,13,20,24-25H,9-12H2,1H3,(H,34,38)(H,35,37). The van der Waals surface area contributed by atoms with Crippen LogP contribution in [0.25, 0.3) is 0 Å². The van der Waals surface area contributed by atoms with Crippen LogP contribution in [0.4, 0.5) is 18.9 Å². The van der Waals surface area contributed by atoms with E-state index in [2.05, 4.69) is 10.6 Å². The summed E-state index contributed by atoms with van der Waals surface area (Å²) in [4.78, 5) is 40.3. The Labute approximate surface area is 222 Å². The van der Waals surface area contributed by atoms with Crippen LogP contribution in [-0.4, -0.2) is 30.3 Å². The number of hydrogen-bond acceptors (Lipinski definition) is 5. The molecule has 1 aliphatic carbocycles. The molecule has 11 heteroatoms. The van der Waals surface area contributed by atoms with E-state index >= 15 is 0 Å². The molecule has 1 saturated carbocycles. The molecule has 2 aliphatic rings. The molecule has 200 valence electrons. The Kier molecular flexibility index (Phi) is 7.73. The molecule has 2 unspecified atom stereocenters. The summed E-state index contributed by atoms with van der Waals surface area (Å²) in [5.74, 6) is -4.42. The molecule has 39 heavy (non-hydrogen) atoms. The normalized spacial score (nSPS) is 19.2. The zero-order chi connectivity index (χ0) is 28.3. The van der Waals surface area contributed by atoms with Gasteiger partial charge in [0, 0.05) is 36.3 Å². The third-order valence-electron chi connectivity index (χ3n) is 6.68. The number of nitrogens with one attached hydrogen (secondary N) is 2. The van der Waals surface area contributed by atoms with Crippen LogP contribution in [0.5, 0.6) is 0 Å². The van der Waals surface area contributed by atoms with Crippen molar-refractivity contribution >= 4 is 23.4 Å². The summed E-state index contributed by atoms with van der Waals surface area (Å²) in [5, 5.41) is 24.6. The van der Waals surface area contributed by atoms with Crippen molar-refractivity contribution in [3.63, 3.8) is 0 Å². The van der Waals surface area contributed by atoms with E-state index in [1.807, 2.05) is 12.1 Å². The van der Waals surface area contributed by atoms with E-state index in [-0.39, 0.29) is 41.9 Å².